The monoisotopic (exact) mass is 375 g/mol. The van der Waals surface area contributed by atoms with Gasteiger partial charge in [-0.25, -0.2) is 4.68 Å². The van der Waals surface area contributed by atoms with Crippen molar-refractivity contribution in [2.75, 3.05) is 26.2 Å². The Labute approximate surface area is 167 Å². The quantitative estimate of drug-likeness (QED) is 0.651. The van der Waals surface area contributed by atoms with Gasteiger partial charge in [-0.3, -0.25) is 4.98 Å². The van der Waals surface area contributed by atoms with Gasteiger partial charge < -0.3 is 10.2 Å². The number of nitrogens with zero attached hydrogens (tertiary/aromatic N) is 4. The van der Waals surface area contributed by atoms with Crippen molar-refractivity contribution in [2.24, 2.45) is 5.92 Å². The number of hydrogen-bond donors (Lipinski definition) is 1. The number of benzene rings is 1. The molecule has 2 aromatic heterocycles. The topological polar surface area (TPSA) is 46.0 Å². The molecule has 1 aliphatic heterocycles. The zero-order chi connectivity index (χ0) is 19.2. The molecule has 146 valence electrons. The summed E-state index contributed by atoms with van der Waals surface area (Å²) in [6.45, 7) is 7.83. The van der Waals surface area contributed by atoms with Crippen LogP contribution in [0, 0.1) is 5.92 Å². The fraction of sp³-hybridized carbons (Fsp3) is 0.391. The van der Waals surface area contributed by atoms with E-state index in [0.29, 0.717) is 0 Å². The lowest BCUT2D eigenvalue weighted by Gasteiger charge is -2.15. The minimum atomic E-state index is 0.748. The van der Waals surface area contributed by atoms with Gasteiger partial charge in [0.2, 0.25) is 0 Å². The Hall–Kier alpha value is -2.50. The number of nitrogens with one attached hydrogen (secondary N) is 1. The number of likely N-dealkylation sites (tertiary alicyclic amines) is 1. The second-order valence-corrected chi connectivity index (χ2v) is 7.61. The van der Waals surface area contributed by atoms with Gasteiger partial charge in [0.25, 0.3) is 0 Å². The molecule has 1 aromatic carbocycles. The maximum Gasteiger partial charge on any atom is 0.0988 e. The first kappa shape index (κ1) is 18.8. The number of pyridine rings is 1. The van der Waals surface area contributed by atoms with Crippen LogP contribution in [0.4, 0.5) is 0 Å². The van der Waals surface area contributed by atoms with Gasteiger partial charge >= 0.3 is 0 Å². The first-order valence-electron chi connectivity index (χ1n) is 10.3. The third-order valence-corrected chi connectivity index (χ3v) is 5.40. The van der Waals surface area contributed by atoms with E-state index < -0.39 is 0 Å². The summed E-state index contributed by atoms with van der Waals surface area (Å²) in [7, 11) is 0. The molecule has 5 heteroatoms. The van der Waals surface area contributed by atoms with Crippen molar-refractivity contribution in [3.8, 4) is 16.9 Å². The summed E-state index contributed by atoms with van der Waals surface area (Å²) < 4.78 is 1.97. The lowest BCUT2D eigenvalue weighted by molar-refractivity contribution is 0.322. The number of para-hydroxylation sites is 1. The van der Waals surface area contributed by atoms with Gasteiger partial charge in [-0.2, -0.15) is 5.10 Å². The van der Waals surface area contributed by atoms with Crippen LogP contribution < -0.4 is 5.32 Å². The van der Waals surface area contributed by atoms with E-state index in [1.807, 2.05) is 35.1 Å². The van der Waals surface area contributed by atoms with Crippen LogP contribution in [0.15, 0.2) is 61.1 Å². The molecule has 3 heterocycles. The Bertz CT molecular complexity index is 859. The summed E-state index contributed by atoms with van der Waals surface area (Å²) in [6.07, 6.45) is 8.38. The third-order valence-electron chi connectivity index (χ3n) is 5.40. The Morgan fingerprint density at radius 1 is 1.14 bits per heavy atom. The number of aromatic nitrogens is 3. The Kier molecular flexibility index (Phi) is 6.14. The smallest absolute Gasteiger partial charge is 0.0988 e. The highest BCUT2D eigenvalue weighted by Gasteiger charge is 2.21. The maximum absolute atomic E-state index is 4.87. The highest BCUT2D eigenvalue weighted by Crippen LogP contribution is 2.23. The molecule has 1 fully saturated rings. The van der Waals surface area contributed by atoms with Crippen molar-refractivity contribution in [3.05, 3.63) is 66.6 Å². The summed E-state index contributed by atoms with van der Waals surface area (Å²) in [6, 6.07) is 14.3. The molecule has 28 heavy (non-hydrogen) atoms. The molecular weight excluding hydrogens is 346 g/mol. The van der Waals surface area contributed by atoms with Crippen molar-refractivity contribution in [2.45, 2.75) is 26.3 Å². The van der Waals surface area contributed by atoms with Crippen LogP contribution >= 0.6 is 0 Å². The molecule has 0 amide bonds. The highest BCUT2D eigenvalue weighted by molar-refractivity contribution is 5.62. The molecule has 0 bridgehead atoms. The van der Waals surface area contributed by atoms with E-state index in [1.54, 1.807) is 6.20 Å². The summed E-state index contributed by atoms with van der Waals surface area (Å²) in [5.41, 5.74) is 4.35. The van der Waals surface area contributed by atoms with Crippen LogP contribution in [0.1, 0.15) is 25.3 Å². The average Bonchev–Trinajstić information content (AvgIpc) is 3.37. The van der Waals surface area contributed by atoms with E-state index >= 15 is 0 Å². The SMILES string of the molecule is CCCN1CCC(CNCc2cn(-c3ccccc3)nc2-c2cccnc2)C1. The van der Waals surface area contributed by atoms with Crippen LogP contribution in [0.3, 0.4) is 0 Å². The van der Waals surface area contributed by atoms with Crippen LogP contribution in [-0.2, 0) is 6.54 Å². The predicted molar refractivity (Wildman–Crippen MR) is 113 cm³/mol. The number of rotatable bonds is 8. The molecule has 3 aromatic rings. The molecular formula is C23H29N5. The summed E-state index contributed by atoms with van der Waals surface area (Å²) in [5.74, 6) is 0.748. The molecule has 1 atom stereocenters. The van der Waals surface area contributed by atoms with Crippen LogP contribution in [0.25, 0.3) is 16.9 Å². The highest BCUT2D eigenvalue weighted by atomic mass is 15.3. The average molecular weight is 376 g/mol. The molecule has 1 aliphatic rings. The van der Waals surface area contributed by atoms with E-state index in [1.165, 1.54) is 38.0 Å². The largest absolute Gasteiger partial charge is 0.312 e. The first-order valence-corrected chi connectivity index (χ1v) is 10.3. The molecule has 0 radical (unpaired) electrons. The number of hydrogen-bond acceptors (Lipinski definition) is 4. The Morgan fingerprint density at radius 2 is 2.04 bits per heavy atom. The normalized spacial score (nSPS) is 17.2. The Balaban J connectivity index is 1.47. The van der Waals surface area contributed by atoms with Gasteiger partial charge in [-0.1, -0.05) is 25.1 Å². The van der Waals surface area contributed by atoms with Crippen molar-refractivity contribution in [1.29, 1.82) is 0 Å². The minimum Gasteiger partial charge on any atom is -0.312 e. The summed E-state index contributed by atoms with van der Waals surface area (Å²) in [5, 5.41) is 8.55. The summed E-state index contributed by atoms with van der Waals surface area (Å²) >= 11 is 0. The third kappa shape index (κ3) is 4.49. The lowest BCUT2D eigenvalue weighted by Crippen LogP contribution is -2.26. The lowest BCUT2D eigenvalue weighted by atomic mass is 10.1. The minimum absolute atomic E-state index is 0.748. The molecule has 1 unspecified atom stereocenters. The predicted octanol–water partition coefficient (Wildman–Crippen LogP) is 3.76. The van der Waals surface area contributed by atoms with Crippen LogP contribution in [-0.4, -0.2) is 45.8 Å². The van der Waals surface area contributed by atoms with Gasteiger partial charge in [-0.15, -0.1) is 0 Å². The van der Waals surface area contributed by atoms with E-state index in [0.717, 1.165) is 36.0 Å². The van der Waals surface area contributed by atoms with Crippen molar-refractivity contribution >= 4 is 0 Å². The summed E-state index contributed by atoms with van der Waals surface area (Å²) in [4.78, 5) is 6.86. The van der Waals surface area contributed by atoms with Crippen molar-refractivity contribution in [1.82, 2.24) is 25.0 Å². The van der Waals surface area contributed by atoms with Gasteiger partial charge in [0.15, 0.2) is 0 Å². The van der Waals surface area contributed by atoms with Gasteiger partial charge in [0, 0.05) is 42.8 Å². The van der Waals surface area contributed by atoms with Crippen molar-refractivity contribution in [3.63, 3.8) is 0 Å². The molecule has 0 spiro atoms. The molecule has 1 N–H and O–H groups in total. The maximum atomic E-state index is 4.87. The van der Waals surface area contributed by atoms with Crippen LogP contribution in [0.5, 0.6) is 0 Å². The van der Waals surface area contributed by atoms with Gasteiger partial charge in [0.1, 0.15) is 0 Å². The molecule has 5 nitrogen and oxygen atoms in total. The first-order chi connectivity index (χ1) is 13.8. The Morgan fingerprint density at radius 3 is 2.82 bits per heavy atom. The van der Waals surface area contributed by atoms with E-state index in [-0.39, 0.29) is 0 Å². The second kappa shape index (κ2) is 9.13. The van der Waals surface area contributed by atoms with E-state index in [9.17, 15) is 0 Å². The fourth-order valence-electron chi connectivity index (χ4n) is 4.01. The second-order valence-electron chi connectivity index (χ2n) is 7.61. The molecule has 1 saturated heterocycles. The van der Waals surface area contributed by atoms with Gasteiger partial charge in [-0.05, 0) is 62.7 Å². The zero-order valence-corrected chi connectivity index (χ0v) is 16.6. The molecule has 0 aliphatic carbocycles. The standard InChI is InChI=1S/C23H29N5/c1-2-12-27-13-10-19(17-27)14-25-16-21-18-28(22-8-4-3-5-9-22)26-23(21)20-7-6-11-24-15-20/h3-9,11,15,18-19,25H,2,10,12-14,16-17H2,1H3. The van der Waals surface area contributed by atoms with Crippen molar-refractivity contribution < 1.29 is 0 Å². The molecule has 4 rings (SSSR count). The fourth-order valence-corrected chi connectivity index (χ4v) is 4.01. The van der Waals surface area contributed by atoms with Crippen LogP contribution in [0.2, 0.25) is 0 Å². The molecule has 0 saturated carbocycles. The van der Waals surface area contributed by atoms with Gasteiger partial charge in [0.05, 0.1) is 11.4 Å². The van der Waals surface area contributed by atoms with E-state index in [2.05, 4.69) is 46.5 Å². The zero-order valence-electron chi connectivity index (χ0n) is 16.6. The van der Waals surface area contributed by atoms with E-state index in [4.69, 9.17) is 5.10 Å².